The van der Waals surface area contributed by atoms with E-state index in [-0.39, 0.29) is 0 Å². The third-order valence-electron chi connectivity index (χ3n) is 3.75. The smallest absolute Gasteiger partial charge is 0.407 e. The van der Waals surface area contributed by atoms with Gasteiger partial charge in [-0.1, -0.05) is 18.2 Å². The third kappa shape index (κ3) is 4.70. The van der Waals surface area contributed by atoms with Crippen LogP contribution in [0, 0.1) is 0 Å². The van der Waals surface area contributed by atoms with E-state index in [0.29, 0.717) is 24.3 Å². The van der Waals surface area contributed by atoms with Gasteiger partial charge in [-0.05, 0) is 36.8 Å². The average molecular weight is 330 g/mol. The van der Waals surface area contributed by atoms with Crippen molar-refractivity contribution in [3.8, 4) is 5.75 Å². The minimum absolute atomic E-state index is 0.505. The Balaban J connectivity index is 1.97. The standard InChI is InChI=1S/C18H22N2O4/c1-13(21)17(20(2)18(22)23)14-6-8-16(9-7-14)24-12-10-15-5-3-4-11-19-15/h3-9,11,13,17,21H,10,12H2,1-2H3,(H,22,23). The van der Waals surface area contributed by atoms with Crippen molar-refractivity contribution in [3.63, 3.8) is 0 Å². The fourth-order valence-corrected chi connectivity index (χ4v) is 2.53. The maximum absolute atomic E-state index is 11.1. The molecular formula is C18H22N2O4. The maximum atomic E-state index is 11.1. The molecule has 2 atom stereocenters. The van der Waals surface area contributed by atoms with Gasteiger partial charge in [-0.15, -0.1) is 0 Å². The molecule has 2 aromatic rings. The maximum Gasteiger partial charge on any atom is 0.407 e. The number of carbonyl (C=O) groups is 1. The van der Waals surface area contributed by atoms with Crippen LogP contribution in [0.15, 0.2) is 48.7 Å². The van der Waals surface area contributed by atoms with Crippen LogP contribution in [0.3, 0.4) is 0 Å². The molecule has 1 amide bonds. The number of aromatic nitrogens is 1. The van der Waals surface area contributed by atoms with E-state index < -0.39 is 18.2 Å². The van der Waals surface area contributed by atoms with Gasteiger partial charge in [-0.3, -0.25) is 4.98 Å². The lowest BCUT2D eigenvalue weighted by molar-refractivity contribution is 0.0698. The van der Waals surface area contributed by atoms with E-state index in [1.807, 2.05) is 18.2 Å². The summed E-state index contributed by atoms with van der Waals surface area (Å²) in [5.41, 5.74) is 1.68. The van der Waals surface area contributed by atoms with Gasteiger partial charge in [-0.2, -0.15) is 0 Å². The van der Waals surface area contributed by atoms with Crippen LogP contribution in [0.25, 0.3) is 0 Å². The molecule has 0 aliphatic rings. The number of aliphatic hydroxyl groups excluding tert-OH is 1. The molecule has 6 nitrogen and oxygen atoms in total. The Morgan fingerprint density at radius 1 is 1.25 bits per heavy atom. The highest BCUT2D eigenvalue weighted by molar-refractivity contribution is 5.65. The number of likely N-dealkylation sites (N-methyl/N-ethyl adjacent to an activating group) is 1. The first kappa shape index (κ1) is 17.7. The van der Waals surface area contributed by atoms with Crippen molar-refractivity contribution < 1.29 is 19.7 Å². The summed E-state index contributed by atoms with van der Waals surface area (Å²) in [6.45, 7) is 2.08. The SMILES string of the molecule is CC(O)C(c1ccc(OCCc2ccccn2)cc1)N(C)C(=O)O. The van der Waals surface area contributed by atoms with Crippen molar-refractivity contribution in [3.05, 3.63) is 59.9 Å². The van der Waals surface area contributed by atoms with Gasteiger partial charge in [-0.25, -0.2) is 4.79 Å². The molecule has 1 aromatic heterocycles. The van der Waals surface area contributed by atoms with E-state index in [1.165, 1.54) is 7.05 Å². The van der Waals surface area contributed by atoms with Gasteiger partial charge < -0.3 is 19.8 Å². The molecule has 0 fully saturated rings. The van der Waals surface area contributed by atoms with Gasteiger partial charge in [0.05, 0.1) is 18.8 Å². The largest absolute Gasteiger partial charge is 0.493 e. The van der Waals surface area contributed by atoms with Crippen molar-refractivity contribution in [1.29, 1.82) is 0 Å². The number of pyridine rings is 1. The molecular weight excluding hydrogens is 308 g/mol. The Hall–Kier alpha value is -2.60. The van der Waals surface area contributed by atoms with Crippen molar-refractivity contribution in [2.75, 3.05) is 13.7 Å². The van der Waals surface area contributed by atoms with Crippen LogP contribution >= 0.6 is 0 Å². The van der Waals surface area contributed by atoms with Gasteiger partial charge in [0.1, 0.15) is 5.75 Å². The number of carboxylic acid groups (broad SMARTS) is 1. The van der Waals surface area contributed by atoms with Gasteiger partial charge in [0, 0.05) is 25.4 Å². The Kier molecular flexibility index (Phi) is 6.14. The third-order valence-corrected chi connectivity index (χ3v) is 3.75. The fraction of sp³-hybridized carbons (Fsp3) is 0.333. The summed E-state index contributed by atoms with van der Waals surface area (Å²) in [6, 6.07) is 12.2. The van der Waals surface area contributed by atoms with Crippen LogP contribution in [0.2, 0.25) is 0 Å². The first-order valence-electron chi connectivity index (χ1n) is 7.75. The van der Waals surface area contributed by atoms with Gasteiger partial charge in [0.15, 0.2) is 0 Å². The average Bonchev–Trinajstić information content (AvgIpc) is 2.57. The van der Waals surface area contributed by atoms with Crippen molar-refractivity contribution in [2.45, 2.75) is 25.5 Å². The van der Waals surface area contributed by atoms with E-state index in [4.69, 9.17) is 9.84 Å². The summed E-state index contributed by atoms with van der Waals surface area (Å²) in [6.07, 6.45) is 0.554. The molecule has 1 aromatic carbocycles. The minimum Gasteiger partial charge on any atom is -0.493 e. The number of nitrogens with zero attached hydrogens (tertiary/aromatic N) is 2. The van der Waals surface area contributed by atoms with Crippen molar-refractivity contribution in [2.24, 2.45) is 0 Å². The minimum atomic E-state index is -1.09. The summed E-state index contributed by atoms with van der Waals surface area (Å²) in [5.74, 6) is 0.692. The van der Waals surface area contributed by atoms with E-state index in [1.54, 1.807) is 37.4 Å². The topological polar surface area (TPSA) is 82.9 Å². The first-order chi connectivity index (χ1) is 11.5. The second-order valence-corrected chi connectivity index (χ2v) is 5.57. The summed E-state index contributed by atoms with van der Waals surface area (Å²) >= 11 is 0. The summed E-state index contributed by atoms with van der Waals surface area (Å²) in [5, 5.41) is 19.0. The highest BCUT2D eigenvalue weighted by atomic mass is 16.5. The molecule has 2 rings (SSSR count). The van der Waals surface area contributed by atoms with Crippen LogP contribution in [-0.2, 0) is 6.42 Å². The van der Waals surface area contributed by atoms with Crippen molar-refractivity contribution >= 4 is 6.09 Å². The molecule has 2 N–H and O–H groups in total. The Morgan fingerprint density at radius 2 is 1.96 bits per heavy atom. The van der Waals surface area contributed by atoms with Crippen LogP contribution < -0.4 is 4.74 Å². The molecule has 1 heterocycles. The first-order valence-corrected chi connectivity index (χ1v) is 7.75. The number of aliphatic hydroxyl groups is 1. The van der Waals surface area contributed by atoms with E-state index >= 15 is 0 Å². The van der Waals surface area contributed by atoms with Gasteiger partial charge >= 0.3 is 6.09 Å². The van der Waals surface area contributed by atoms with Crippen molar-refractivity contribution in [1.82, 2.24) is 9.88 Å². The zero-order valence-corrected chi connectivity index (χ0v) is 13.8. The number of amides is 1. The molecule has 0 saturated heterocycles. The van der Waals surface area contributed by atoms with Crippen LogP contribution in [0.1, 0.15) is 24.2 Å². The molecule has 128 valence electrons. The zero-order valence-electron chi connectivity index (χ0n) is 13.8. The monoisotopic (exact) mass is 330 g/mol. The molecule has 0 aliphatic carbocycles. The number of benzene rings is 1. The molecule has 0 radical (unpaired) electrons. The lowest BCUT2D eigenvalue weighted by atomic mass is 10.0. The van der Waals surface area contributed by atoms with Crippen LogP contribution in [0.5, 0.6) is 5.75 Å². The molecule has 6 heteroatoms. The number of ether oxygens (including phenoxy) is 1. The molecule has 0 bridgehead atoms. The zero-order chi connectivity index (χ0) is 17.5. The second-order valence-electron chi connectivity index (χ2n) is 5.57. The molecule has 24 heavy (non-hydrogen) atoms. The summed E-state index contributed by atoms with van der Waals surface area (Å²) in [4.78, 5) is 16.5. The van der Waals surface area contributed by atoms with E-state index in [2.05, 4.69) is 4.98 Å². The number of hydrogen-bond acceptors (Lipinski definition) is 4. The summed E-state index contributed by atoms with van der Waals surface area (Å²) in [7, 11) is 1.44. The van der Waals surface area contributed by atoms with Gasteiger partial charge in [0.2, 0.25) is 0 Å². The molecule has 2 unspecified atom stereocenters. The molecule has 0 spiro atoms. The molecule has 0 saturated carbocycles. The lowest BCUT2D eigenvalue weighted by Crippen LogP contribution is -2.35. The Labute approximate surface area is 141 Å². The number of rotatable bonds is 7. The lowest BCUT2D eigenvalue weighted by Gasteiger charge is -2.28. The second kappa shape index (κ2) is 8.31. The van der Waals surface area contributed by atoms with Crippen LogP contribution in [-0.4, -0.2) is 45.9 Å². The van der Waals surface area contributed by atoms with Gasteiger partial charge in [0.25, 0.3) is 0 Å². The van der Waals surface area contributed by atoms with E-state index in [0.717, 1.165) is 10.6 Å². The number of hydrogen-bond donors (Lipinski definition) is 2. The predicted molar refractivity (Wildman–Crippen MR) is 90.1 cm³/mol. The quantitative estimate of drug-likeness (QED) is 0.815. The highest BCUT2D eigenvalue weighted by Gasteiger charge is 2.25. The molecule has 0 aliphatic heterocycles. The van der Waals surface area contributed by atoms with E-state index in [9.17, 15) is 9.90 Å². The van der Waals surface area contributed by atoms with Crippen LogP contribution in [0.4, 0.5) is 4.79 Å². The highest BCUT2D eigenvalue weighted by Crippen LogP contribution is 2.25. The predicted octanol–water partition coefficient (Wildman–Crippen LogP) is 2.73. The fourth-order valence-electron chi connectivity index (χ4n) is 2.53. The summed E-state index contributed by atoms with van der Waals surface area (Å²) < 4.78 is 5.68. The Morgan fingerprint density at radius 3 is 2.50 bits per heavy atom. The Bertz CT molecular complexity index is 644. The normalized spacial score (nSPS) is 13.1.